The van der Waals surface area contributed by atoms with Gasteiger partial charge in [0.15, 0.2) is 5.82 Å². The maximum atomic E-state index is 12.7. The Morgan fingerprint density at radius 3 is 2.48 bits per heavy atom. The molecule has 0 aliphatic rings. The molecule has 0 aliphatic carbocycles. The molecule has 0 aromatic carbocycles. The van der Waals surface area contributed by atoms with E-state index >= 15 is 0 Å². The molecule has 1 heterocycles. The summed E-state index contributed by atoms with van der Waals surface area (Å²) in [5, 5.41) is 6.30. The van der Waals surface area contributed by atoms with Crippen molar-refractivity contribution < 1.29 is 17.7 Å². The van der Waals surface area contributed by atoms with Crippen molar-refractivity contribution in [2.75, 3.05) is 24.2 Å². The van der Waals surface area contributed by atoms with Crippen LogP contribution in [0.3, 0.4) is 0 Å². The fourth-order valence-corrected chi connectivity index (χ4v) is 4.21. The number of nitrogens with zero attached hydrogens (tertiary/aromatic N) is 2. The number of aromatic nitrogens is 1. The van der Waals surface area contributed by atoms with Crippen LogP contribution in [0.2, 0.25) is 0 Å². The summed E-state index contributed by atoms with van der Waals surface area (Å²) >= 11 is 0. The molecule has 0 saturated carbocycles. The van der Waals surface area contributed by atoms with Gasteiger partial charge in [-0.15, -0.1) is 0 Å². The van der Waals surface area contributed by atoms with E-state index in [0.717, 1.165) is 19.3 Å². The van der Waals surface area contributed by atoms with E-state index < -0.39 is 15.9 Å². The molecule has 0 saturated heterocycles. The van der Waals surface area contributed by atoms with Crippen LogP contribution in [0.1, 0.15) is 71.5 Å². The van der Waals surface area contributed by atoms with Gasteiger partial charge in [0.05, 0.1) is 12.3 Å². The molecule has 1 aromatic heterocycles. The smallest absolute Gasteiger partial charge is 0.240 e. The van der Waals surface area contributed by atoms with Crippen LogP contribution in [-0.4, -0.2) is 42.6 Å². The lowest BCUT2D eigenvalue weighted by Gasteiger charge is -2.22. The number of aryl methyl sites for hydroxylation is 1. The predicted molar refractivity (Wildman–Crippen MR) is 108 cm³/mol. The van der Waals surface area contributed by atoms with Crippen LogP contribution >= 0.6 is 0 Å². The molecule has 1 aromatic rings. The summed E-state index contributed by atoms with van der Waals surface area (Å²) in [6.45, 7) is 8.11. The van der Waals surface area contributed by atoms with Crippen molar-refractivity contribution in [3.63, 3.8) is 0 Å². The highest BCUT2D eigenvalue weighted by Gasteiger charge is 2.24. The molecule has 7 nitrogen and oxygen atoms in total. The average Bonchev–Trinajstić information content (AvgIpc) is 2.99. The average molecular weight is 402 g/mol. The molecule has 0 bridgehead atoms. The first-order chi connectivity index (χ1) is 12.7. The first kappa shape index (κ1) is 23.6. The van der Waals surface area contributed by atoms with Gasteiger partial charge < -0.3 is 9.84 Å². The van der Waals surface area contributed by atoms with Crippen molar-refractivity contribution in [2.24, 2.45) is 5.92 Å². The van der Waals surface area contributed by atoms with Crippen molar-refractivity contribution in [1.29, 1.82) is 0 Å². The number of anilines is 1. The fraction of sp³-hybridized carbons (Fsp3) is 0.789. The van der Waals surface area contributed by atoms with Crippen LogP contribution in [0.15, 0.2) is 10.6 Å². The van der Waals surface area contributed by atoms with Crippen molar-refractivity contribution in [3.05, 3.63) is 11.8 Å². The van der Waals surface area contributed by atoms with E-state index in [9.17, 15) is 13.2 Å². The molecule has 27 heavy (non-hydrogen) atoms. The first-order valence-corrected chi connectivity index (χ1v) is 11.6. The SMILES string of the molecule is CCCCCCCCS(=O)(=O)N(CCC(C)C)CC(=O)Nc1cc(C)on1. The highest BCUT2D eigenvalue weighted by Crippen LogP contribution is 2.13. The molecule has 1 rings (SSSR count). The highest BCUT2D eigenvalue weighted by molar-refractivity contribution is 7.89. The zero-order valence-corrected chi connectivity index (χ0v) is 18.0. The molecule has 1 amide bonds. The second kappa shape index (κ2) is 12.1. The Morgan fingerprint density at radius 2 is 1.89 bits per heavy atom. The molecule has 0 aliphatic heterocycles. The van der Waals surface area contributed by atoms with E-state index in [0.29, 0.717) is 36.9 Å². The van der Waals surface area contributed by atoms with Crippen LogP contribution in [0.25, 0.3) is 0 Å². The van der Waals surface area contributed by atoms with Crippen LogP contribution in [-0.2, 0) is 14.8 Å². The second-order valence-electron chi connectivity index (χ2n) is 7.47. The number of nitrogens with one attached hydrogen (secondary N) is 1. The topological polar surface area (TPSA) is 92.5 Å². The number of carbonyl (C=O) groups is 1. The van der Waals surface area contributed by atoms with Crippen LogP contribution in [0.4, 0.5) is 5.82 Å². The first-order valence-electron chi connectivity index (χ1n) is 9.95. The second-order valence-corrected chi connectivity index (χ2v) is 9.56. The van der Waals surface area contributed by atoms with Gasteiger partial charge in [-0.25, -0.2) is 8.42 Å². The Bertz CT molecular complexity index is 656. The third-order valence-electron chi connectivity index (χ3n) is 4.32. The highest BCUT2D eigenvalue weighted by atomic mass is 32.2. The normalized spacial score (nSPS) is 12.1. The summed E-state index contributed by atoms with van der Waals surface area (Å²) in [5.74, 6) is 0.928. The number of sulfonamides is 1. The van der Waals surface area contributed by atoms with E-state index in [-0.39, 0.29) is 12.3 Å². The zero-order chi connectivity index (χ0) is 20.3. The van der Waals surface area contributed by atoms with Crippen molar-refractivity contribution >= 4 is 21.7 Å². The number of unbranched alkanes of at least 4 members (excludes halogenated alkanes) is 5. The van der Waals surface area contributed by atoms with Gasteiger partial charge in [-0.3, -0.25) is 4.79 Å². The summed E-state index contributed by atoms with van der Waals surface area (Å²) < 4.78 is 31.7. The summed E-state index contributed by atoms with van der Waals surface area (Å²) in [4.78, 5) is 12.3. The van der Waals surface area contributed by atoms with Gasteiger partial charge in [-0.1, -0.05) is 58.0 Å². The minimum absolute atomic E-state index is 0.0908. The van der Waals surface area contributed by atoms with Gasteiger partial charge in [0.2, 0.25) is 15.9 Å². The molecule has 0 atom stereocenters. The van der Waals surface area contributed by atoms with Crippen molar-refractivity contribution in [1.82, 2.24) is 9.46 Å². The Morgan fingerprint density at radius 1 is 1.22 bits per heavy atom. The van der Waals surface area contributed by atoms with Gasteiger partial charge >= 0.3 is 0 Å². The lowest BCUT2D eigenvalue weighted by Crippen LogP contribution is -2.40. The third-order valence-corrected chi connectivity index (χ3v) is 6.22. The number of hydrogen-bond donors (Lipinski definition) is 1. The lowest BCUT2D eigenvalue weighted by atomic mass is 10.1. The van der Waals surface area contributed by atoms with E-state index in [2.05, 4.69) is 17.4 Å². The van der Waals surface area contributed by atoms with Crippen LogP contribution < -0.4 is 5.32 Å². The van der Waals surface area contributed by atoms with Gasteiger partial charge in [-0.2, -0.15) is 4.31 Å². The molecule has 156 valence electrons. The number of carbonyl (C=O) groups excluding carboxylic acids is 1. The third kappa shape index (κ3) is 9.91. The van der Waals surface area contributed by atoms with Gasteiger partial charge in [0, 0.05) is 12.6 Å². The maximum absolute atomic E-state index is 12.7. The Kier molecular flexibility index (Phi) is 10.6. The Labute approximate surface area is 163 Å². The molecule has 0 radical (unpaired) electrons. The molecular weight excluding hydrogens is 366 g/mol. The molecule has 0 fully saturated rings. The predicted octanol–water partition coefficient (Wildman–Crippen LogP) is 3.96. The van der Waals surface area contributed by atoms with E-state index in [1.165, 1.54) is 17.1 Å². The maximum Gasteiger partial charge on any atom is 0.240 e. The minimum Gasteiger partial charge on any atom is -0.360 e. The summed E-state index contributed by atoms with van der Waals surface area (Å²) in [6, 6.07) is 1.60. The fourth-order valence-electron chi connectivity index (χ4n) is 2.68. The Hall–Kier alpha value is -1.41. The van der Waals surface area contributed by atoms with Crippen LogP contribution in [0, 0.1) is 12.8 Å². The van der Waals surface area contributed by atoms with E-state index in [1.54, 1.807) is 13.0 Å². The molecular formula is C19H35N3O4S. The van der Waals surface area contributed by atoms with Crippen LogP contribution in [0.5, 0.6) is 0 Å². The van der Waals surface area contributed by atoms with Crippen molar-refractivity contribution in [3.8, 4) is 0 Å². The summed E-state index contributed by atoms with van der Waals surface area (Å²) in [6.07, 6.45) is 6.81. The largest absolute Gasteiger partial charge is 0.360 e. The summed E-state index contributed by atoms with van der Waals surface area (Å²) in [5.41, 5.74) is 0. The Balaban J connectivity index is 2.60. The molecule has 0 spiro atoms. The summed E-state index contributed by atoms with van der Waals surface area (Å²) in [7, 11) is -3.46. The lowest BCUT2D eigenvalue weighted by molar-refractivity contribution is -0.116. The van der Waals surface area contributed by atoms with Gasteiger partial charge in [-0.05, 0) is 25.7 Å². The van der Waals surface area contributed by atoms with Crippen molar-refractivity contribution in [2.45, 2.75) is 72.6 Å². The standard InChI is InChI=1S/C19H35N3O4S/c1-5-6-7-8-9-10-13-27(24,25)22(12-11-16(2)3)15-19(23)20-18-14-17(4)26-21-18/h14,16H,5-13,15H2,1-4H3,(H,20,21,23). The van der Waals surface area contributed by atoms with Gasteiger partial charge in [0.25, 0.3) is 0 Å². The quantitative estimate of drug-likeness (QED) is 0.476. The number of hydrogen-bond acceptors (Lipinski definition) is 5. The minimum atomic E-state index is -3.46. The van der Waals surface area contributed by atoms with E-state index in [1.807, 2.05) is 13.8 Å². The molecule has 0 unspecified atom stereocenters. The monoisotopic (exact) mass is 401 g/mol. The zero-order valence-electron chi connectivity index (χ0n) is 17.2. The molecule has 8 heteroatoms. The van der Waals surface area contributed by atoms with E-state index in [4.69, 9.17) is 4.52 Å². The molecule has 1 N–H and O–H groups in total. The number of amides is 1. The number of rotatable bonds is 14. The van der Waals surface area contributed by atoms with Gasteiger partial charge in [0.1, 0.15) is 5.76 Å².